The van der Waals surface area contributed by atoms with Crippen LogP contribution in [0.25, 0.3) is 0 Å². The Bertz CT molecular complexity index is 806. The molecule has 0 unspecified atom stereocenters. The molecule has 2 aromatic heterocycles. The van der Waals surface area contributed by atoms with Crippen molar-refractivity contribution in [2.24, 2.45) is 0 Å². The van der Waals surface area contributed by atoms with Crippen LogP contribution < -0.4 is 10.6 Å². The molecule has 0 saturated carbocycles. The average molecular weight is 342 g/mol. The lowest BCUT2D eigenvalue weighted by molar-refractivity contribution is 0.103. The first-order valence-corrected chi connectivity index (χ1v) is 8.26. The van der Waals surface area contributed by atoms with Crippen molar-refractivity contribution in [1.29, 1.82) is 0 Å². The maximum atomic E-state index is 13.5. The molecule has 1 aromatic carbocycles. The Balaban J connectivity index is 1.51. The Morgan fingerprint density at radius 3 is 2.54 bits per heavy atom. The molecule has 0 bridgehead atoms. The molecule has 0 saturated heterocycles. The summed E-state index contributed by atoms with van der Waals surface area (Å²) in [5.74, 6) is 0.532. The SMILES string of the molecule is O=C(Nc1ccc(NCCc2ccccc2F)nn1)c1cccs1. The fourth-order valence-electron chi connectivity index (χ4n) is 2.11. The van der Waals surface area contributed by atoms with Crippen LogP contribution in [0.1, 0.15) is 15.2 Å². The summed E-state index contributed by atoms with van der Waals surface area (Å²) < 4.78 is 13.5. The number of thiophene rings is 1. The fourth-order valence-corrected chi connectivity index (χ4v) is 2.72. The molecule has 0 radical (unpaired) electrons. The van der Waals surface area contributed by atoms with Gasteiger partial charge >= 0.3 is 0 Å². The summed E-state index contributed by atoms with van der Waals surface area (Å²) >= 11 is 1.36. The highest BCUT2D eigenvalue weighted by Gasteiger charge is 2.08. The minimum Gasteiger partial charge on any atom is -0.368 e. The van der Waals surface area contributed by atoms with Crippen molar-refractivity contribution in [3.05, 3.63) is 70.2 Å². The van der Waals surface area contributed by atoms with Crippen LogP contribution in [0.15, 0.2) is 53.9 Å². The van der Waals surface area contributed by atoms with Crippen LogP contribution in [0.3, 0.4) is 0 Å². The zero-order valence-corrected chi connectivity index (χ0v) is 13.5. The number of nitrogens with one attached hydrogen (secondary N) is 2. The molecular formula is C17H15FN4OS. The van der Waals surface area contributed by atoms with E-state index < -0.39 is 0 Å². The summed E-state index contributed by atoms with van der Waals surface area (Å²) in [5.41, 5.74) is 0.651. The van der Waals surface area contributed by atoms with Crippen molar-refractivity contribution >= 4 is 28.9 Å². The van der Waals surface area contributed by atoms with E-state index in [2.05, 4.69) is 20.8 Å². The number of carbonyl (C=O) groups excluding carboxylic acids is 1. The first-order valence-electron chi connectivity index (χ1n) is 7.38. The van der Waals surface area contributed by atoms with Crippen LogP contribution >= 0.6 is 11.3 Å². The van der Waals surface area contributed by atoms with Crippen LogP contribution in [-0.2, 0) is 6.42 Å². The second-order valence-electron chi connectivity index (χ2n) is 5.00. The van der Waals surface area contributed by atoms with Gasteiger partial charge in [0.25, 0.3) is 5.91 Å². The molecule has 3 aromatic rings. The number of benzene rings is 1. The predicted octanol–water partition coefficient (Wildman–Crippen LogP) is 3.58. The zero-order chi connectivity index (χ0) is 16.8. The largest absolute Gasteiger partial charge is 0.368 e. The van der Waals surface area contributed by atoms with Crippen molar-refractivity contribution in [2.45, 2.75) is 6.42 Å². The highest BCUT2D eigenvalue weighted by atomic mass is 32.1. The first kappa shape index (κ1) is 16.1. The Hall–Kier alpha value is -2.80. The first-order chi connectivity index (χ1) is 11.7. The number of hydrogen-bond acceptors (Lipinski definition) is 5. The van der Waals surface area contributed by atoms with E-state index in [-0.39, 0.29) is 11.7 Å². The van der Waals surface area contributed by atoms with E-state index in [0.717, 1.165) is 0 Å². The molecule has 7 heteroatoms. The van der Waals surface area contributed by atoms with Crippen LogP contribution in [0.4, 0.5) is 16.0 Å². The number of amides is 1. The Labute approximate surface area is 142 Å². The number of anilines is 2. The third-order valence-electron chi connectivity index (χ3n) is 3.31. The number of nitrogens with zero attached hydrogens (tertiary/aromatic N) is 2. The molecule has 0 aliphatic heterocycles. The Kier molecular flexibility index (Phi) is 5.12. The molecule has 0 aliphatic rings. The Morgan fingerprint density at radius 1 is 1.04 bits per heavy atom. The molecule has 1 amide bonds. The Morgan fingerprint density at radius 2 is 1.83 bits per heavy atom. The highest BCUT2D eigenvalue weighted by Crippen LogP contribution is 2.12. The molecule has 0 spiro atoms. The zero-order valence-electron chi connectivity index (χ0n) is 12.7. The lowest BCUT2D eigenvalue weighted by Gasteiger charge is -2.07. The van der Waals surface area contributed by atoms with E-state index in [0.29, 0.717) is 35.0 Å². The van der Waals surface area contributed by atoms with E-state index >= 15 is 0 Å². The number of hydrogen-bond donors (Lipinski definition) is 2. The van der Waals surface area contributed by atoms with Gasteiger partial charge in [0.2, 0.25) is 0 Å². The summed E-state index contributed by atoms with van der Waals surface area (Å²) in [6.45, 7) is 0.538. The van der Waals surface area contributed by atoms with Crippen molar-refractivity contribution < 1.29 is 9.18 Å². The van der Waals surface area contributed by atoms with Gasteiger partial charge in [-0.2, -0.15) is 0 Å². The summed E-state index contributed by atoms with van der Waals surface area (Å²) in [5, 5.41) is 15.6. The monoisotopic (exact) mass is 342 g/mol. The van der Waals surface area contributed by atoms with Gasteiger partial charge in [-0.1, -0.05) is 24.3 Å². The van der Waals surface area contributed by atoms with Gasteiger partial charge < -0.3 is 10.6 Å². The fraction of sp³-hybridized carbons (Fsp3) is 0.118. The molecule has 2 heterocycles. The molecule has 0 fully saturated rings. The highest BCUT2D eigenvalue weighted by molar-refractivity contribution is 7.12. The van der Waals surface area contributed by atoms with Gasteiger partial charge in [0.05, 0.1) is 4.88 Å². The molecule has 0 aliphatic carbocycles. The van der Waals surface area contributed by atoms with Crippen LogP contribution in [-0.4, -0.2) is 22.6 Å². The summed E-state index contributed by atoms with van der Waals surface area (Å²) in [7, 11) is 0. The van der Waals surface area contributed by atoms with Crippen molar-refractivity contribution in [3.8, 4) is 0 Å². The van der Waals surface area contributed by atoms with Crippen molar-refractivity contribution in [3.63, 3.8) is 0 Å². The smallest absolute Gasteiger partial charge is 0.266 e. The molecular weight excluding hydrogens is 327 g/mol. The van der Waals surface area contributed by atoms with Crippen LogP contribution in [0.2, 0.25) is 0 Å². The topological polar surface area (TPSA) is 66.9 Å². The maximum Gasteiger partial charge on any atom is 0.266 e. The predicted molar refractivity (Wildman–Crippen MR) is 92.9 cm³/mol. The minimum absolute atomic E-state index is 0.209. The van der Waals surface area contributed by atoms with Gasteiger partial charge in [0.15, 0.2) is 5.82 Å². The van der Waals surface area contributed by atoms with E-state index in [4.69, 9.17) is 0 Å². The number of rotatable bonds is 6. The maximum absolute atomic E-state index is 13.5. The van der Waals surface area contributed by atoms with Crippen LogP contribution in [0, 0.1) is 5.82 Å². The number of carbonyl (C=O) groups is 1. The van der Waals surface area contributed by atoms with E-state index in [1.165, 1.54) is 17.4 Å². The third-order valence-corrected chi connectivity index (χ3v) is 4.18. The molecule has 5 nitrogen and oxygen atoms in total. The second-order valence-corrected chi connectivity index (χ2v) is 5.95. The normalized spacial score (nSPS) is 10.4. The van der Waals surface area contributed by atoms with Gasteiger partial charge in [-0.05, 0) is 41.6 Å². The summed E-state index contributed by atoms with van der Waals surface area (Å²) in [4.78, 5) is 12.5. The van der Waals surface area contributed by atoms with Gasteiger partial charge in [-0.25, -0.2) is 4.39 Å². The quantitative estimate of drug-likeness (QED) is 0.718. The van der Waals surface area contributed by atoms with E-state index in [9.17, 15) is 9.18 Å². The number of halogens is 1. The van der Waals surface area contributed by atoms with E-state index in [1.54, 1.807) is 30.3 Å². The van der Waals surface area contributed by atoms with Gasteiger partial charge in [-0.15, -0.1) is 21.5 Å². The average Bonchev–Trinajstić information content (AvgIpc) is 3.13. The molecule has 24 heavy (non-hydrogen) atoms. The summed E-state index contributed by atoms with van der Waals surface area (Å²) in [6.07, 6.45) is 0.547. The van der Waals surface area contributed by atoms with Gasteiger partial charge in [-0.3, -0.25) is 4.79 Å². The number of aromatic nitrogens is 2. The molecule has 2 N–H and O–H groups in total. The molecule has 3 rings (SSSR count). The lowest BCUT2D eigenvalue weighted by Crippen LogP contribution is -2.13. The van der Waals surface area contributed by atoms with Gasteiger partial charge in [0, 0.05) is 6.54 Å². The van der Waals surface area contributed by atoms with Crippen LogP contribution in [0.5, 0.6) is 0 Å². The third kappa shape index (κ3) is 4.14. The second kappa shape index (κ2) is 7.65. The molecule has 122 valence electrons. The van der Waals surface area contributed by atoms with Crippen molar-refractivity contribution in [1.82, 2.24) is 10.2 Å². The van der Waals surface area contributed by atoms with Crippen molar-refractivity contribution in [2.75, 3.05) is 17.2 Å². The lowest BCUT2D eigenvalue weighted by atomic mass is 10.1. The van der Waals surface area contributed by atoms with E-state index in [1.807, 2.05) is 17.5 Å². The minimum atomic E-state index is -0.211. The van der Waals surface area contributed by atoms with Gasteiger partial charge in [0.1, 0.15) is 11.6 Å². The summed E-state index contributed by atoms with van der Waals surface area (Å²) in [6, 6.07) is 13.6. The standard InChI is InChI=1S/C17H15FN4OS/c18-13-5-2-1-4-12(13)9-10-19-15-7-8-16(22-21-15)20-17(23)14-6-3-11-24-14/h1-8,11H,9-10H2,(H,19,21)(H,20,22,23). The molecule has 0 atom stereocenters.